The number of hydrogen-bond donors (Lipinski definition) is 1. The van der Waals surface area contributed by atoms with Crippen LogP contribution in [0.25, 0.3) is 21.3 Å². The summed E-state index contributed by atoms with van der Waals surface area (Å²) in [6.07, 6.45) is 1.62. The number of aryl methyl sites for hydroxylation is 1. The predicted molar refractivity (Wildman–Crippen MR) is 121 cm³/mol. The third kappa shape index (κ3) is 3.77. The number of benzene rings is 2. The minimum atomic E-state index is 0.664. The molecule has 4 aromatic rings. The molecule has 0 bridgehead atoms. The van der Waals surface area contributed by atoms with Crippen LogP contribution < -0.4 is 10.1 Å². The van der Waals surface area contributed by atoms with Crippen molar-refractivity contribution in [3.8, 4) is 16.9 Å². The van der Waals surface area contributed by atoms with E-state index in [1.165, 1.54) is 14.0 Å². The number of nitrogens with one attached hydrogen (secondary N) is 1. The van der Waals surface area contributed by atoms with Gasteiger partial charge in [0.2, 0.25) is 0 Å². The molecular weight excluding hydrogens is 469 g/mol. The van der Waals surface area contributed by atoms with Gasteiger partial charge in [-0.3, -0.25) is 0 Å². The molecule has 0 atom stereocenters. The number of thiophene rings is 1. The van der Waals surface area contributed by atoms with E-state index < -0.39 is 0 Å². The summed E-state index contributed by atoms with van der Waals surface area (Å²) in [6, 6.07) is 16.5. The second-order valence-corrected chi connectivity index (χ2v) is 8.47. The van der Waals surface area contributed by atoms with Crippen molar-refractivity contribution in [3.63, 3.8) is 0 Å². The topological polar surface area (TPSA) is 47.0 Å². The first-order chi connectivity index (χ1) is 13.2. The highest BCUT2D eigenvalue weighted by atomic mass is 127. The van der Waals surface area contributed by atoms with E-state index in [0.717, 1.165) is 33.0 Å². The minimum absolute atomic E-state index is 0.664. The molecule has 2 aromatic heterocycles. The van der Waals surface area contributed by atoms with Crippen molar-refractivity contribution >= 4 is 55.6 Å². The molecule has 6 heteroatoms. The Balaban J connectivity index is 1.80. The van der Waals surface area contributed by atoms with Crippen LogP contribution >= 0.6 is 33.9 Å². The molecule has 2 heterocycles. The average molecular weight is 487 g/mol. The summed E-state index contributed by atoms with van der Waals surface area (Å²) < 4.78 is 6.77. The Bertz CT molecular complexity index is 1080. The van der Waals surface area contributed by atoms with E-state index in [4.69, 9.17) is 4.74 Å². The van der Waals surface area contributed by atoms with Crippen molar-refractivity contribution in [1.82, 2.24) is 9.97 Å². The molecule has 4 rings (SSSR count). The van der Waals surface area contributed by atoms with Crippen LogP contribution in [-0.4, -0.2) is 16.6 Å². The van der Waals surface area contributed by atoms with E-state index in [-0.39, 0.29) is 0 Å². The lowest BCUT2D eigenvalue weighted by Crippen LogP contribution is -1.96. The standard InChI is InChI=1S/C21H18IN3OS/c1-3-26-17-10-4-14(5-11-17)18-13(2)27-21-19(18)20(23-12-24-21)25-16-8-6-15(22)7-9-16/h4-12H,3H2,1-2H3,(H,23,24,25). The molecule has 136 valence electrons. The Kier molecular flexibility index (Phi) is 5.27. The number of rotatable bonds is 5. The number of nitrogens with zero attached hydrogens (tertiary/aromatic N) is 2. The van der Waals surface area contributed by atoms with Gasteiger partial charge in [0.05, 0.1) is 12.0 Å². The fourth-order valence-electron chi connectivity index (χ4n) is 3.04. The summed E-state index contributed by atoms with van der Waals surface area (Å²) in [5, 5.41) is 4.51. The molecule has 1 N–H and O–H groups in total. The Labute approximate surface area is 175 Å². The molecule has 0 radical (unpaired) electrons. The molecule has 0 saturated heterocycles. The van der Waals surface area contributed by atoms with E-state index in [2.05, 4.69) is 81.2 Å². The molecule has 0 saturated carbocycles. The minimum Gasteiger partial charge on any atom is -0.494 e. The molecule has 0 amide bonds. The summed E-state index contributed by atoms with van der Waals surface area (Å²) in [7, 11) is 0. The monoisotopic (exact) mass is 487 g/mol. The highest BCUT2D eigenvalue weighted by Gasteiger charge is 2.17. The van der Waals surface area contributed by atoms with Crippen LogP contribution in [0.3, 0.4) is 0 Å². The molecule has 0 aliphatic carbocycles. The van der Waals surface area contributed by atoms with Gasteiger partial charge in [-0.25, -0.2) is 9.97 Å². The van der Waals surface area contributed by atoms with Gasteiger partial charge in [0.15, 0.2) is 0 Å². The van der Waals surface area contributed by atoms with Gasteiger partial charge in [-0.15, -0.1) is 11.3 Å². The van der Waals surface area contributed by atoms with Crippen molar-refractivity contribution < 1.29 is 4.74 Å². The molecule has 0 unspecified atom stereocenters. The van der Waals surface area contributed by atoms with Crippen molar-refractivity contribution in [2.24, 2.45) is 0 Å². The highest BCUT2D eigenvalue weighted by molar-refractivity contribution is 14.1. The summed E-state index contributed by atoms with van der Waals surface area (Å²) in [5.74, 6) is 1.71. The molecule has 0 spiro atoms. The summed E-state index contributed by atoms with van der Waals surface area (Å²) in [4.78, 5) is 11.2. The smallest absolute Gasteiger partial charge is 0.143 e. The summed E-state index contributed by atoms with van der Waals surface area (Å²) in [6.45, 7) is 4.79. The van der Waals surface area contributed by atoms with E-state index in [0.29, 0.717) is 6.61 Å². The second-order valence-electron chi connectivity index (χ2n) is 6.02. The second kappa shape index (κ2) is 7.82. The lowest BCUT2D eigenvalue weighted by atomic mass is 10.0. The van der Waals surface area contributed by atoms with Gasteiger partial charge in [0.1, 0.15) is 22.7 Å². The molecule has 0 fully saturated rings. The van der Waals surface area contributed by atoms with Crippen LogP contribution in [0.15, 0.2) is 54.9 Å². The third-order valence-corrected chi connectivity index (χ3v) is 5.96. The number of ether oxygens (including phenoxy) is 1. The van der Waals surface area contributed by atoms with Gasteiger partial charge in [-0.1, -0.05) is 12.1 Å². The van der Waals surface area contributed by atoms with Crippen molar-refractivity contribution in [3.05, 3.63) is 63.3 Å². The van der Waals surface area contributed by atoms with Crippen LogP contribution in [0.5, 0.6) is 5.75 Å². The van der Waals surface area contributed by atoms with E-state index in [1.807, 2.05) is 19.1 Å². The van der Waals surface area contributed by atoms with Gasteiger partial charge in [0.25, 0.3) is 0 Å². The Hall–Kier alpha value is -2.19. The molecular formula is C21H18IN3OS. The predicted octanol–water partition coefficient (Wildman–Crippen LogP) is 6.41. The Morgan fingerprint density at radius 3 is 2.48 bits per heavy atom. The zero-order valence-corrected chi connectivity index (χ0v) is 18.0. The van der Waals surface area contributed by atoms with Crippen LogP contribution in [0.1, 0.15) is 11.8 Å². The number of halogens is 1. The van der Waals surface area contributed by atoms with Crippen molar-refractivity contribution in [2.75, 3.05) is 11.9 Å². The van der Waals surface area contributed by atoms with Crippen LogP contribution in [0.4, 0.5) is 11.5 Å². The lowest BCUT2D eigenvalue weighted by Gasteiger charge is -2.10. The quantitative estimate of drug-likeness (QED) is 0.331. The zero-order valence-electron chi connectivity index (χ0n) is 15.0. The average Bonchev–Trinajstić information content (AvgIpc) is 3.01. The van der Waals surface area contributed by atoms with Gasteiger partial charge < -0.3 is 10.1 Å². The SMILES string of the molecule is CCOc1ccc(-c2c(C)sc3ncnc(Nc4ccc(I)cc4)c23)cc1. The first-order valence-electron chi connectivity index (χ1n) is 8.65. The van der Waals surface area contributed by atoms with E-state index >= 15 is 0 Å². The van der Waals surface area contributed by atoms with Gasteiger partial charge >= 0.3 is 0 Å². The van der Waals surface area contributed by atoms with Gasteiger partial charge in [-0.2, -0.15) is 0 Å². The van der Waals surface area contributed by atoms with Crippen molar-refractivity contribution in [2.45, 2.75) is 13.8 Å². The summed E-state index contributed by atoms with van der Waals surface area (Å²) >= 11 is 4.00. The number of fused-ring (bicyclic) bond motifs is 1. The molecule has 4 nitrogen and oxygen atoms in total. The largest absolute Gasteiger partial charge is 0.494 e. The third-order valence-electron chi connectivity index (χ3n) is 4.23. The highest BCUT2D eigenvalue weighted by Crippen LogP contribution is 2.41. The van der Waals surface area contributed by atoms with Crippen LogP contribution in [0.2, 0.25) is 0 Å². The normalized spacial score (nSPS) is 10.9. The maximum atomic E-state index is 5.57. The van der Waals surface area contributed by atoms with Gasteiger partial charge in [-0.05, 0) is 78.4 Å². The number of anilines is 2. The summed E-state index contributed by atoms with van der Waals surface area (Å²) in [5.41, 5.74) is 3.33. The maximum absolute atomic E-state index is 5.57. The van der Waals surface area contributed by atoms with E-state index in [1.54, 1.807) is 17.7 Å². The fraction of sp³-hybridized carbons (Fsp3) is 0.143. The number of hydrogen-bond acceptors (Lipinski definition) is 5. The van der Waals surface area contributed by atoms with Crippen LogP contribution in [0, 0.1) is 10.5 Å². The van der Waals surface area contributed by atoms with Gasteiger partial charge in [0, 0.05) is 19.7 Å². The van der Waals surface area contributed by atoms with Crippen LogP contribution in [-0.2, 0) is 0 Å². The van der Waals surface area contributed by atoms with E-state index in [9.17, 15) is 0 Å². The fourth-order valence-corrected chi connectivity index (χ4v) is 4.41. The lowest BCUT2D eigenvalue weighted by molar-refractivity contribution is 0.340. The first-order valence-corrected chi connectivity index (χ1v) is 10.5. The Morgan fingerprint density at radius 2 is 1.78 bits per heavy atom. The molecule has 27 heavy (non-hydrogen) atoms. The first kappa shape index (κ1) is 18.2. The molecule has 0 aliphatic rings. The van der Waals surface area contributed by atoms with Crippen molar-refractivity contribution in [1.29, 1.82) is 0 Å². The Morgan fingerprint density at radius 1 is 1.04 bits per heavy atom. The number of aromatic nitrogens is 2. The zero-order chi connectivity index (χ0) is 18.8. The molecule has 2 aromatic carbocycles. The molecule has 0 aliphatic heterocycles. The maximum Gasteiger partial charge on any atom is 0.143 e.